The molecule has 15 heavy (non-hydrogen) atoms. The summed E-state index contributed by atoms with van der Waals surface area (Å²) >= 11 is 0. The first kappa shape index (κ1) is 10.9. The molecule has 0 aromatic rings. The molecule has 0 unspecified atom stereocenters. The lowest BCUT2D eigenvalue weighted by atomic mass is 9.96. The van der Waals surface area contributed by atoms with Gasteiger partial charge in [0.25, 0.3) is 0 Å². The van der Waals surface area contributed by atoms with E-state index in [1.165, 1.54) is 0 Å². The third-order valence-electron chi connectivity index (χ3n) is 3.42. The maximum absolute atomic E-state index is 12.1. The lowest BCUT2D eigenvalue weighted by molar-refractivity contribution is -0.138. The Bertz CT molecular complexity index is 219. The predicted molar refractivity (Wildman–Crippen MR) is 57.4 cm³/mol. The first-order chi connectivity index (χ1) is 7.27. The molecule has 0 spiro atoms. The summed E-state index contributed by atoms with van der Waals surface area (Å²) in [6.45, 7) is 3.34. The Kier molecular flexibility index (Phi) is 3.59. The SMILES string of the molecule is O=C([C@@H]1CCCNC1)N1CCC(O)CC1. The van der Waals surface area contributed by atoms with Crippen LogP contribution in [0.3, 0.4) is 0 Å². The second-order valence-corrected chi connectivity index (χ2v) is 4.60. The van der Waals surface area contributed by atoms with Crippen molar-refractivity contribution in [3.8, 4) is 0 Å². The molecule has 86 valence electrons. The normalized spacial score (nSPS) is 29.1. The molecule has 0 aliphatic carbocycles. The van der Waals surface area contributed by atoms with Crippen LogP contribution in [0.1, 0.15) is 25.7 Å². The number of aliphatic hydroxyl groups is 1. The predicted octanol–water partition coefficient (Wildman–Crippen LogP) is -0.0307. The van der Waals surface area contributed by atoms with Crippen LogP contribution in [0.15, 0.2) is 0 Å². The quantitative estimate of drug-likeness (QED) is 0.642. The van der Waals surface area contributed by atoms with Gasteiger partial charge in [0, 0.05) is 19.6 Å². The second-order valence-electron chi connectivity index (χ2n) is 4.60. The molecular formula is C11H20N2O2. The number of nitrogens with zero attached hydrogens (tertiary/aromatic N) is 1. The van der Waals surface area contributed by atoms with Crippen LogP contribution in [0.4, 0.5) is 0 Å². The molecule has 2 N–H and O–H groups in total. The third-order valence-corrected chi connectivity index (χ3v) is 3.42. The van der Waals surface area contributed by atoms with Crippen molar-refractivity contribution in [1.29, 1.82) is 0 Å². The van der Waals surface area contributed by atoms with Gasteiger partial charge in [-0.3, -0.25) is 4.79 Å². The molecule has 4 heteroatoms. The van der Waals surface area contributed by atoms with Gasteiger partial charge in [-0.2, -0.15) is 0 Å². The minimum absolute atomic E-state index is 0.175. The van der Waals surface area contributed by atoms with E-state index in [2.05, 4.69) is 5.32 Å². The van der Waals surface area contributed by atoms with E-state index < -0.39 is 0 Å². The van der Waals surface area contributed by atoms with Gasteiger partial charge in [0.2, 0.25) is 5.91 Å². The van der Waals surface area contributed by atoms with Crippen molar-refractivity contribution in [3.63, 3.8) is 0 Å². The van der Waals surface area contributed by atoms with Crippen molar-refractivity contribution >= 4 is 5.91 Å². The Balaban J connectivity index is 1.84. The maximum atomic E-state index is 12.1. The van der Waals surface area contributed by atoms with E-state index >= 15 is 0 Å². The molecule has 0 radical (unpaired) electrons. The Morgan fingerprint density at radius 2 is 2.00 bits per heavy atom. The van der Waals surface area contributed by atoms with Crippen molar-refractivity contribution < 1.29 is 9.90 Å². The highest BCUT2D eigenvalue weighted by atomic mass is 16.3. The van der Waals surface area contributed by atoms with Gasteiger partial charge in [-0.15, -0.1) is 0 Å². The van der Waals surface area contributed by atoms with E-state index in [1.807, 2.05) is 4.90 Å². The lowest BCUT2D eigenvalue weighted by Crippen LogP contribution is -2.46. The Labute approximate surface area is 90.6 Å². The van der Waals surface area contributed by atoms with Crippen LogP contribution in [0, 0.1) is 5.92 Å². The van der Waals surface area contributed by atoms with Crippen LogP contribution in [-0.4, -0.2) is 48.2 Å². The number of nitrogens with one attached hydrogen (secondary N) is 1. The number of amides is 1. The Morgan fingerprint density at radius 1 is 1.27 bits per heavy atom. The molecule has 0 bridgehead atoms. The molecule has 0 aromatic carbocycles. The highest BCUT2D eigenvalue weighted by molar-refractivity contribution is 5.79. The average molecular weight is 212 g/mol. The standard InChI is InChI=1S/C11H20N2O2/c14-10-3-6-13(7-4-10)11(15)9-2-1-5-12-8-9/h9-10,12,14H,1-8H2/t9-/m1/s1. The van der Waals surface area contributed by atoms with E-state index in [4.69, 9.17) is 0 Å². The number of rotatable bonds is 1. The van der Waals surface area contributed by atoms with Crippen molar-refractivity contribution in [3.05, 3.63) is 0 Å². The molecular weight excluding hydrogens is 192 g/mol. The number of piperidine rings is 2. The minimum Gasteiger partial charge on any atom is -0.393 e. The molecule has 2 fully saturated rings. The Morgan fingerprint density at radius 3 is 2.60 bits per heavy atom. The number of carbonyl (C=O) groups excluding carboxylic acids is 1. The number of likely N-dealkylation sites (tertiary alicyclic amines) is 1. The highest BCUT2D eigenvalue weighted by Gasteiger charge is 2.28. The fourth-order valence-electron chi connectivity index (χ4n) is 2.41. The molecule has 2 aliphatic rings. The molecule has 2 aliphatic heterocycles. The van der Waals surface area contributed by atoms with Crippen LogP contribution in [0.2, 0.25) is 0 Å². The zero-order chi connectivity index (χ0) is 10.7. The maximum Gasteiger partial charge on any atom is 0.226 e. The van der Waals surface area contributed by atoms with Crippen LogP contribution >= 0.6 is 0 Å². The fourth-order valence-corrected chi connectivity index (χ4v) is 2.41. The second kappa shape index (κ2) is 4.94. The lowest BCUT2D eigenvalue weighted by Gasteiger charge is -2.33. The molecule has 1 atom stereocenters. The van der Waals surface area contributed by atoms with Crippen LogP contribution in [-0.2, 0) is 4.79 Å². The zero-order valence-electron chi connectivity index (χ0n) is 9.11. The van der Waals surface area contributed by atoms with Gasteiger partial charge in [0.05, 0.1) is 12.0 Å². The summed E-state index contributed by atoms with van der Waals surface area (Å²) in [5.74, 6) is 0.461. The van der Waals surface area contributed by atoms with Crippen molar-refractivity contribution in [2.75, 3.05) is 26.2 Å². The van der Waals surface area contributed by atoms with Crippen molar-refractivity contribution in [2.24, 2.45) is 5.92 Å². The number of hydrogen-bond donors (Lipinski definition) is 2. The first-order valence-corrected chi connectivity index (χ1v) is 5.95. The summed E-state index contributed by atoms with van der Waals surface area (Å²) < 4.78 is 0. The molecule has 2 rings (SSSR count). The monoisotopic (exact) mass is 212 g/mol. The van der Waals surface area contributed by atoms with E-state index in [0.29, 0.717) is 0 Å². The largest absolute Gasteiger partial charge is 0.393 e. The molecule has 0 saturated carbocycles. The number of carbonyl (C=O) groups is 1. The third kappa shape index (κ3) is 2.69. The van der Waals surface area contributed by atoms with Crippen LogP contribution in [0.25, 0.3) is 0 Å². The molecule has 0 aromatic heterocycles. The van der Waals surface area contributed by atoms with Crippen LogP contribution < -0.4 is 5.32 Å². The average Bonchev–Trinajstić information content (AvgIpc) is 2.30. The van der Waals surface area contributed by atoms with Gasteiger partial charge in [0.1, 0.15) is 0 Å². The summed E-state index contributed by atoms with van der Waals surface area (Å²) in [5, 5.41) is 12.6. The highest BCUT2D eigenvalue weighted by Crippen LogP contribution is 2.17. The molecule has 2 heterocycles. The van der Waals surface area contributed by atoms with E-state index in [1.54, 1.807) is 0 Å². The van der Waals surface area contributed by atoms with Gasteiger partial charge in [-0.25, -0.2) is 0 Å². The fraction of sp³-hybridized carbons (Fsp3) is 0.909. The summed E-state index contributed by atoms with van der Waals surface area (Å²) in [6, 6.07) is 0. The van der Waals surface area contributed by atoms with Gasteiger partial charge >= 0.3 is 0 Å². The first-order valence-electron chi connectivity index (χ1n) is 5.95. The van der Waals surface area contributed by atoms with Gasteiger partial charge in [0.15, 0.2) is 0 Å². The minimum atomic E-state index is -0.196. The summed E-state index contributed by atoms with van der Waals surface area (Å²) in [4.78, 5) is 14.0. The number of hydrogen-bond acceptors (Lipinski definition) is 3. The molecule has 1 amide bonds. The van der Waals surface area contributed by atoms with Crippen LogP contribution in [0.5, 0.6) is 0 Å². The van der Waals surface area contributed by atoms with E-state index in [0.717, 1.165) is 51.9 Å². The topological polar surface area (TPSA) is 52.6 Å². The summed E-state index contributed by atoms with van der Waals surface area (Å²) in [6.07, 6.45) is 3.41. The van der Waals surface area contributed by atoms with E-state index in [-0.39, 0.29) is 17.9 Å². The summed E-state index contributed by atoms with van der Waals surface area (Å²) in [7, 11) is 0. The molecule has 4 nitrogen and oxygen atoms in total. The zero-order valence-corrected chi connectivity index (χ0v) is 9.11. The number of aliphatic hydroxyl groups excluding tert-OH is 1. The molecule has 2 saturated heterocycles. The van der Waals surface area contributed by atoms with E-state index in [9.17, 15) is 9.90 Å². The Hall–Kier alpha value is -0.610. The van der Waals surface area contributed by atoms with Gasteiger partial charge in [-0.05, 0) is 32.2 Å². The van der Waals surface area contributed by atoms with Crippen molar-refractivity contribution in [2.45, 2.75) is 31.8 Å². The van der Waals surface area contributed by atoms with Gasteiger partial charge < -0.3 is 15.3 Å². The summed E-state index contributed by atoms with van der Waals surface area (Å²) in [5.41, 5.74) is 0. The smallest absolute Gasteiger partial charge is 0.226 e. The van der Waals surface area contributed by atoms with Crippen molar-refractivity contribution in [1.82, 2.24) is 10.2 Å². The van der Waals surface area contributed by atoms with Gasteiger partial charge in [-0.1, -0.05) is 0 Å².